The van der Waals surface area contributed by atoms with Gasteiger partial charge in [-0.1, -0.05) is 140 Å². The van der Waals surface area contributed by atoms with Crippen LogP contribution in [0.2, 0.25) is 0 Å². The van der Waals surface area contributed by atoms with Gasteiger partial charge in [0, 0.05) is 16.6 Å². The predicted molar refractivity (Wildman–Crippen MR) is 160 cm³/mol. The van der Waals surface area contributed by atoms with Gasteiger partial charge in [-0.2, -0.15) is 0 Å². The summed E-state index contributed by atoms with van der Waals surface area (Å²) in [5.74, 6) is 0. The van der Waals surface area contributed by atoms with Crippen molar-refractivity contribution in [3.8, 4) is 0 Å². The van der Waals surface area contributed by atoms with Crippen LogP contribution in [0.25, 0.3) is 0 Å². The van der Waals surface area contributed by atoms with E-state index in [0.29, 0.717) is 0 Å². The second-order valence-corrected chi connectivity index (χ2v) is 11.5. The Morgan fingerprint density at radius 2 is 0.974 bits per heavy atom. The molecule has 0 spiro atoms. The van der Waals surface area contributed by atoms with Gasteiger partial charge in [0.2, 0.25) is 0 Å². The van der Waals surface area contributed by atoms with Crippen LogP contribution in [-0.4, -0.2) is 5.54 Å². The quantitative estimate of drug-likeness (QED) is 0.241. The summed E-state index contributed by atoms with van der Waals surface area (Å²) in [6.45, 7) is 7.04. The molecular formula is C37H35N. The Morgan fingerprint density at radius 3 is 1.45 bits per heavy atom. The summed E-state index contributed by atoms with van der Waals surface area (Å²) in [5.41, 5.74) is 8.41. The average molecular weight is 494 g/mol. The zero-order valence-electron chi connectivity index (χ0n) is 22.5. The van der Waals surface area contributed by atoms with Crippen LogP contribution >= 0.6 is 0 Å². The molecule has 0 saturated carbocycles. The molecule has 0 aromatic heterocycles. The third-order valence-electron chi connectivity index (χ3n) is 8.35. The van der Waals surface area contributed by atoms with Gasteiger partial charge in [-0.3, -0.25) is 0 Å². The Balaban J connectivity index is 1.69. The Hall–Kier alpha value is -4.10. The van der Waals surface area contributed by atoms with Crippen LogP contribution < -0.4 is 5.32 Å². The van der Waals surface area contributed by atoms with E-state index in [9.17, 15) is 0 Å². The molecule has 0 radical (unpaired) electrons. The minimum atomic E-state index is -0.455. The molecule has 0 amide bonds. The minimum absolute atomic E-state index is 0.0194. The summed E-state index contributed by atoms with van der Waals surface area (Å²) in [5, 5.41) is 3.86. The highest BCUT2D eigenvalue weighted by atomic mass is 15.0. The molecule has 0 saturated heterocycles. The summed E-state index contributed by atoms with van der Waals surface area (Å²) in [7, 11) is 0. The maximum Gasteiger partial charge on any atom is 0.0701 e. The standard InChI is InChI=1S/C37H35N/c1-35(2)27-36(3,28-16-8-4-9-17-28)33-26-32(24-25-34(33)38-35)37(29-18-10-5-11-19-29,30-20-12-6-13-21-30)31-22-14-7-15-23-31/h4-26,38H,27H2,1-3H3/t36-/m0/s1. The zero-order chi connectivity index (χ0) is 26.2. The lowest BCUT2D eigenvalue weighted by molar-refractivity contribution is 0.378. The number of nitrogens with one attached hydrogen (secondary N) is 1. The van der Waals surface area contributed by atoms with Crippen molar-refractivity contribution in [2.75, 3.05) is 5.32 Å². The van der Waals surface area contributed by atoms with Crippen molar-refractivity contribution in [3.63, 3.8) is 0 Å². The Morgan fingerprint density at radius 1 is 0.526 bits per heavy atom. The van der Waals surface area contributed by atoms with Crippen LogP contribution in [0.4, 0.5) is 5.69 Å². The summed E-state index contributed by atoms with van der Waals surface area (Å²) < 4.78 is 0. The molecule has 1 heterocycles. The SMILES string of the molecule is CC1(C)C[C@@](C)(c2ccccc2)c2cc(C(c3ccccc3)(c3ccccc3)c3ccccc3)ccc2N1. The predicted octanol–water partition coefficient (Wildman–Crippen LogP) is 8.97. The first-order valence-electron chi connectivity index (χ1n) is 13.6. The summed E-state index contributed by atoms with van der Waals surface area (Å²) >= 11 is 0. The second-order valence-electron chi connectivity index (χ2n) is 11.5. The highest BCUT2D eigenvalue weighted by molar-refractivity contribution is 5.68. The van der Waals surface area contributed by atoms with Crippen LogP contribution in [0, 0.1) is 0 Å². The topological polar surface area (TPSA) is 12.0 Å². The van der Waals surface area contributed by atoms with Gasteiger partial charge >= 0.3 is 0 Å². The molecule has 5 aromatic rings. The minimum Gasteiger partial charge on any atom is -0.380 e. The fourth-order valence-corrected chi connectivity index (χ4v) is 6.86. The molecule has 1 aliphatic heterocycles. The molecule has 1 N–H and O–H groups in total. The van der Waals surface area contributed by atoms with Crippen molar-refractivity contribution in [1.29, 1.82) is 0 Å². The number of fused-ring (bicyclic) bond motifs is 1. The van der Waals surface area contributed by atoms with E-state index in [1.54, 1.807) is 0 Å². The molecule has 1 heteroatoms. The van der Waals surface area contributed by atoms with Gasteiger partial charge in [-0.25, -0.2) is 0 Å². The van der Waals surface area contributed by atoms with E-state index < -0.39 is 5.41 Å². The van der Waals surface area contributed by atoms with E-state index in [2.05, 4.69) is 166 Å². The molecule has 0 unspecified atom stereocenters. The van der Waals surface area contributed by atoms with Crippen LogP contribution in [0.3, 0.4) is 0 Å². The Kier molecular flexibility index (Phi) is 5.95. The van der Waals surface area contributed by atoms with E-state index in [4.69, 9.17) is 0 Å². The van der Waals surface area contributed by atoms with E-state index in [0.717, 1.165) is 6.42 Å². The van der Waals surface area contributed by atoms with Crippen molar-refractivity contribution in [3.05, 3.63) is 173 Å². The van der Waals surface area contributed by atoms with Crippen molar-refractivity contribution >= 4 is 5.69 Å². The molecule has 6 rings (SSSR count). The molecular weight excluding hydrogens is 458 g/mol. The Labute approximate surface area is 227 Å². The van der Waals surface area contributed by atoms with Gasteiger partial charge in [-0.05, 0) is 59.7 Å². The highest BCUT2D eigenvalue weighted by Gasteiger charge is 2.44. The number of anilines is 1. The molecule has 1 nitrogen and oxygen atoms in total. The fraction of sp³-hybridized carbons (Fsp3) is 0.189. The van der Waals surface area contributed by atoms with Gasteiger partial charge in [-0.15, -0.1) is 0 Å². The van der Waals surface area contributed by atoms with Crippen molar-refractivity contribution < 1.29 is 0 Å². The molecule has 1 atom stereocenters. The summed E-state index contributed by atoms with van der Waals surface area (Å²) in [4.78, 5) is 0. The van der Waals surface area contributed by atoms with Crippen molar-refractivity contribution in [1.82, 2.24) is 0 Å². The molecule has 0 bridgehead atoms. The highest BCUT2D eigenvalue weighted by Crippen LogP contribution is 2.51. The normalized spacial score (nSPS) is 18.3. The van der Waals surface area contributed by atoms with Gasteiger partial charge in [0.1, 0.15) is 0 Å². The van der Waals surface area contributed by atoms with Crippen LogP contribution in [0.15, 0.2) is 140 Å². The zero-order valence-corrected chi connectivity index (χ0v) is 22.5. The fourth-order valence-electron chi connectivity index (χ4n) is 6.86. The lowest BCUT2D eigenvalue weighted by Gasteiger charge is -2.47. The van der Waals surface area contributed by atoms with Gasteiger partial charge in [0.05, 0.1) is 5.41 Å². The average Bonchev–Trinajstić information content (AvgIpc) is 2.95. The molecule has 0 aliphatic carbocycles. The lowest BCUT2D eigenvalue weighted by Crippen LogP contribution is -2.45. The van der Waals surface area contributed by atoms with E-state index in [1.807, 2.05) is 0 Å². The monoisotopic (exact) mass is 493 g/mol. The van der Waals surface area contributed by atoms with Gasteiger partial charge in [0.25, 0.3) is 0 Å². The third-order valence-corrected chi connectivity index (χ3v) is 8.35. The van der Waals surface area contributed by atoms with Crippen molar-refractivity contribution in [2.24, 2.45) is 0 Å². The van der Waals surface area contributed by atoms with Crippen LogP contribution in [0.5, 0.6) is 0 Å². The molecule has 5 aromatic carbocycles. The molecule has 0 fully saturated rings. The number of benzene rings is 5. The maximum atomic E-state index is 3.86. The van der Waals surface area contributed by atoms with Crippen molar-refractivity contribution in [2.45, 2.75) is 43.6 Å². The number of rotatable bonds is 5. The van der Waals surface area contributed by atoms with E-state index >= 15 is 0 Å². The van der Waals surface area contributed by atoms with E-state index in [1.165, 1.54) is 39.1 Å². The third kappa shape index (κ3) is 3.94. The second kappa shape index (κ2) is 9.33. The largest absolute Gasteiger partial charge is 0.380 e. The first-order chi connectivity index (χ1) is 18.4. The molecule has 38 heavy (non-hydrogen) atoms. The summed E-state index contributed by atoms with van der Waals surface area (Å²) in [6.07, 6.45) is 1.01. The lowest BCUT2D eigenvalue weighted by atomic mass is 9.62. The smallest absolute Gasteiger partial charge is 0.0701 e. The van der Waals surface area contributed by atoms with E-state index in [-0.39, 0.29) is 11.0 Å². The maximum absolute atomic E-state index is 3.86. The van der Waals surface area contributed by atoms with Crippen LogP contribution in [0.1, 0.15) is 60.6 Å². The van der Waals surface area contributed by atoms with Crippen LogP contribution in [-0.2, 0) is 10.8 Å². The first-order valence-corrected chi connectivity index (χ1v) is 13.6. The summed E-state index contributed by atoms with van der Waals surface area (Å²) in [6, 6.07) is 51.1. The molecule has 188 valence electrons. The molecule has 1 aliphatic rings. The van der Waals surface area contributed by atoms with Gasteiger partial charge < -0.3 is 5.32 Å². The number of hydrogen-bond acceptors (Lipinski definition) is 1. The Bertz CT molecular complexity index is 1430. The number of hydrogen-bond donors (Lipinski definition) is 1. The van der Waals surface area contributed by atoms with Gasteiger partial charge in [0.15, 0.2) is 0 Å². The first kappa shape index (κ1) is 24.2.